The van der Waals surface area contributed by atoms with Crippen LogP contribution in [0.25, 0.3) is 0 Å². The Morgan fingerprint density at radius 2 is 1.31 bits per heavy atom. The Labute approximate surface area is 75.8 Å². The highest BCUT2D eigenvalue weighted by molar-refractivity contribution is 6.50. The molecule has 0 unspecified atom stereocenters. The van der Waals surface area contributed by atoms with Crippen LogP contribution in [0, 0.1) is 0 Å². The van der Waals surface area contributed by atoms with Crippen molar-refractivity contribution in [3.05, 3.63) is 25.3 Å². The van der Waals surface area contributed by atoms with Gasteiger partial charge in [-0.3, -0.25) is 0 Å². The molecule has 1 N–H and O–H groups in total. The van der Waals surface area contributed by atoms with Crippen LogP contribution in [0.4, 0.5) is 17.3 Å². The molecule has 0 amide bonds. The molecule has 0 aliphatic rings. The number of hydrogen-bond acceptors (Lipinski definition) is 0. The van der Waals surface area contributed by atoms with E-state index in [1.54, 1.807) is 0 Å². The summed E-state index contributed by atoms with van der Waals surface area (Å²) >= 11 is 0. The van der Waals surface area contributed by atoms with Gasteiger partial charge in [-0.25, -0.2) is 0 Å². The predicted molar refractivity (Wildman–Crippen MR) is 47.2 cm³/mol. The molecular formula is C7H14BF4N. The van der Waals surface area contributed by atoms with E-state index in [9.17, 15) is 17.3 Å². The first-order valence-corrected chi connectivity index (χ1v) is 3.71. The van der Waals surface area contributed by atoms with Gasteiger partial charge < -0.3 is 22.2 Å². The summed E-state index contributed by atoms with van der Waals surface area (Å²) in [6.45, 7) is 9.30. The molecule has 0 aromatic rings. The monoisotopic (exact) mass is 199 g/mol. The average molecular weight is 199 g/mol. The largest absolute Gasteiger partial charge is 0.673 e. The van der Waals surface area contributed by atoms with Gasteiger partial charge in [0, 0.05) is 0 Å². The van der Waals surface area contributed by atoms with Gasteiger partial charge in [0.15, 0.2) is 0 Å². The summed E-state index contributed by atoms with van der Waals surface area (Å²) in [5.41, 5.74) is 0. The fraction of sp³-hybridized carbons (Fsp3) is 0.429. The van der Waals surface area contributed by atoms with Crippen molar-refractivity contribution >= 4 is 7.25 Å². The van der Waals surface area contributed by atoms with Gasteiger partial charge in [0.05, 0.1) is 20.1 Å². The molecule has 13 heavy (non-hydrogen) atoms. The smallest absolute Gasteiger partial charge is 0.418 e. The van der Waals surface area contributed by atoms with Crippen molar-refractivity contribution in [2.75, 3.05) is 20.1 Å². The Kier molecular flexibility index (Phi) is 8.90. The Morgan fingerprint density at radius 1 is 1.08 bits per heavy atom. The molecule has 0 aliphatic carbocycles. The molecule has 0 rings (SSSR count). The van der Waals surface area contributed by atoms with E-state index in [-0.39, 0.29) is 0 Å². The first kappa shape index (κ1) is 14.7. The number of likely N-dealkylation sites (N-methyl/N-ethyl adjacent to an activating group) is 1. The second-order valence-corrected chi connectivity index (χ2v) is 2.44. The van der Waals surface area contributed by atoms with Crippen LogP contribution in [-0.2, 0) is 0 Å². The van der Waals surface area contributed by atoms with Crippen molar-refractivity contribution < 1.29 is 22.2 Å². The van der Waals surface area contributed by atoms with Gasteiger partial charge in [-0.1, -0.05) is 13.2 Å². The number of nitrogens with one attached hydrogen (secondary N) is 1. The van der Waals surface area contributed by atoms with E-state index < -0.39 is 7.25 Å². The van der Waals surface area contributed by atoms with E-state index in [0.29, 0.717) is 0 Å². The molecule has 0 saturated carbocycles. The lowest BCUT2D eigenvalue weighted by atomic mass is 10.3. The molecule has 1 nitrogen and oxygen atoms in total. The summed E-state index contributed by atoms with van der Waals surface area (Å²) in [4.78, 5) is 1.43. The van der Waals surface area contributed by atoms with E-state index in [1.165, 1.54) is 4.90 Å². The highest BCUT2D eigenvalue weighted by Gasteiger charge is 2.20. The number of rotatable bonds is 4. The van der Waals surface area contributed by atoms with Crippen LogP contribution in [0.3, 0.4) is 0 Å². The summed E-state index contributed by atoms with van der Waals surface area (Å²) in [6, 6.07) is 0. The standard InChI is InChI=1S/C7H13N.BF4/c1-4-6-8(3)7-5-2;2-1(3,4)5/h4-5H,1-2,6-7H2,3H3;/q;-1/p+1. The van der Waals surface area contributed by atoms with Crippen molar-refractivity contribution in [2.45, 2.75) is 0 Å². The molecule has 0 spiro atoms. The zero-order chi connectivity index (χ0) is 10.9. The van der Waals surface area contributed by atoms with Crippen LogP contribution in [0.15, 0.2) is 25.3 Å². The van der Waals surface area contributed by atoms with Crippen LogP contribution >= 0.6 is 0 Å². The zero-order valence-electron chi connectivity index (χ0n) is 7.57. The molecule has 0 aromatic carbocycles. The zero-order valence-corrected chi connectivity index (χ0v) is 7.57. The molecule has 0 atom stereocenters. The molecule has 0 aliphatic heterocycles. The van der Waals surface area contributed by atoms with Gasteiger partial charge in [0.1, 0.15) is 0 Å². The predicted octanol–water partition coefficient (Wildman–Crippen LogP) is 1.17. The van der Waals surface area contributed by atoms with Crippen LogP contribution < -0.4 is 4.90 Å². The summed E-state index contributed by atoms with van der Waals surface area (Å²) in [6.07, 6.45) is 3.83. The maximum Gasteiger partial charge on any atom is 0.673 e. The number of hydrogen-bond donors (Lipinski definition) is 1. The normalized spacial score (nSPS) is 10.3. The van der Waals surface area contributed by atoms with Gasteiger partial charge in [-0.2, -0.15) is 0 Å². The molecule has 6 heteroatoms. The fourth-order valence-corrected chi connectivity index (χ4v) is 0.576. The van der Waals surface area contributed by atoms with Gasteiger partial charge in [-0.05, 0) is 12.2 Å². The molecule has 0 saturated heterocycles. The SMILES string of the molecule is C=CC[NH+](C)CC=C.F[B-](F)(F)F. The van der Waals surface area contributed by atoms with Gasteiger partial charge >= 0.3 is 7.25 Å². The lowest BCUT2D eigenvalue weighted by Gasteiger charge is -2.06. The van der Waals surface area contributed by atoms with Gasteiger partial charge in [0.25, 0.3) is 0 Å². The molecule has 78 valence electrons. The Hall–Kier alpha value is -0.775. The molecule has 0 radical (unpaired) electrons. The number of halogens is 4. The van der Waals surface area contributed by atoms with Gasteiger partial charge in [-0.15, -0.1) is 0 Å². The average Bonchev–Trinajstić information content (AvgIpc) is 1.84. The van der Waals surface area contributed by atoms with E-state index in [4.69, 9.17) is 0 Å². The molecule has 0 bridgehead atoms. The van der Waals surface area contributed by atoms with E-state index in [1.807, 2.05) is 12.2 Å². The minimum Gasteiger partial charge on any atom is -0.418 e. The van der Waals surface area contributed by atoms with Crippen molar-refractivity contribution in [2.24, 2.45) is 0 Å². The minimum absolute atomic E-state index is 1.02. The first-order chi connectivity index (χ1) is 5.81. The minimum atomic E-state index is -6.00. The maximum absolute atomic E-state index is 9.75. The van der Waals surface area contributed by atoms with Crippen molar-refractivity contribution in [3.63, 3.8) is 0 Å². The third-order valence-corrected chi connectivity index (χ3v) is 0.986. The summed E-state index contributed by atoms with van der Waals surface area (Å²) < 4.78 is 39.0. The van der Waals surface area contributed by atoms with Crippen LogP contribution in [0.2, 0.25) is 0 Å². The van der Waals surface area contributed by atoms with Gasteiger partial charge in [0.2, 0.25) is 0 Å². The Morgan fingerprint density at radius 3 is 1.46 bits per heavy atom. The van der Waals surface area contributed by atoms with E-state index >= 15 is 0 Å². The molecule has 0 fully saturated rings. The third-order valence-electron chi connectivity index (χ3n) is 0.986. The summed E-state index contributed by atoms with van der Waals surface area (Å²) in [7, 11) is -3.89. The van der Waals surface area contributed by atoms with E-state index in [0.717, 1.165) is 13.1 Å². The first-order valence-electron chi connectivity index (χ1n) is 3.71. The maximum atomic E-state index is 9.75. The second kappa shape index (κ2) is 7.85. The summed E-state index contributed by atoms with van der Waals surface area (Å²) in [5, 5.41) is 0. The molecular weight excluding hydrogens is 185 g/mol. The van der Waals surface area contributed by atoms with Crippen molar-refractivity contribution in [3.8, 4) is 0 Å². The number of quaternary nitrogens is 1. The Balaban J connectivity index is 0. The lowest BCUT2D eigenvalue weighted by molar-refractivity contribution is -0.866. The highest BCUT2D eigenvalue weighted by Crippen LogP contribution is 2.06. The lowest BCUT2D eigenvalue weighted by Crippen LogP contribution is -3.08. The van der Waals surface area contributed by atoms with Crippen LogP contribution in [-0.4, -0.2) is 27.4 Å². The van der Waals surface area contributed by atoms with Crippen molar-refractivity contribution in [1.29, 1.82) is 0 Å². The fourth-order valence-electron chi connectivity index (χ4n) is 0.576. The third kappa shape index (κ3) is 35.0. The molecule has 0 aromatic heterocycles. The summed E-state index contributed by atoms with van der Waals surface area (Å²) in [5.74, 6) is 0. The van der Waals surface area contributed by atoms with E-state index in [2.05, 4.69) is 20.2 Å². The highest BCUT2D eigenvalue weighted by atomic mass is 19.5. The quantitative estimate of drug-likeness (QED) is 0.393. The van der Waals surface area contributed by atoms with Crippen LogP contribution in [0.5, 0.6) is 0 Å². The second-order valence-electron chi connectivity index (χ2n) is 2.44. The van der Waals surface area contributed by atoms with Crippen molar-refractivity contribution in [1.82, 2.24) is 0 Å². The molecule has 0 heterocycles. The topological polar surface area (TPSA) is 4.44 Å². The Bertz CT molecular complexity index is 130. The van der Waals surface area contributed by atoms with Crippen LogP contribution in [0.1, 0.15) is 0 Å².